The zero-order valence-electron chi connectivity index (χ0n) is 14.3. The lowest BCUT2D eigenvalue weighted by Crippen LogP contribution is -2.37. The number of carbonyl (C=O) groups excluding carboxylic acids is 1. The first kappa shape index (κ1) is 16.5. The quantitative estimate of drug-likeness (QED) is 0.695. The van der Waals surface area contributed by atoms with Gasteiger partial charge in [0.05, 0.1) is 18.5 Å². The minimum Gasteiger partial charge on any atom is -0.497 e. The molecule has 3 aromatic rings. The molecule has 130 valence electrons. The van der Waals surface area contributed by atoms with Crippen LogP contribution in [0.2, 0.25) is 0 Å². The monoisotopic (exact) mass is 362 g/mol. The van der Waals surface area contributed by atoms with Crippen molar-refractivity contribution in [2.24, 2.45) is 0 Å². The number of carbonyl (C=O) groups is 1. The van der Waals surface area contributed by atoms with Gasteiger partial charge in [0.2, 0.25) is 0 Å². The molecule has 1 aliphatic rings. The van der Waals surface area contributed by atoms with E-state index in [1.54, 1.807) is 23.8 Å². The van der Waals surface area contributed by atoms with Gasteiger partial charge in [0.1, 0.15) is 5.75 Å². The van der Waals surface area contributed by atoms with Crippen LogP contribution < -0.4 is 15.0 Å². The minimum atomic E-state index is -0.145. The van der Waals surface area contributed by atoms with Crippen LogP contribution >= 0.6 is 11.8 Å². The molecule has 0 radical (unpaired) electrons. The van der Waals surface area contributed by atoms with E-state index in [1.807, 2.05) is 72.8 Å². The van der Waals surface area contributed by atoms with Crippen LogP contribution in [0.4, 0.5) is 16.2 Å². The van der Waals surface area contributed by atoms with Crippen molar-refractivity contribution in [3.63, 3.8) is 0 Å². The van der Waals surface area contributed by atoms with E-state index < -0.39 is 0 Å². The Bertz CT molecular complexity index is 913. The predicted molar refractivity (Wildman–Crippen MR) is 104 cm³/mol. The molecule has 26 heavy (non-hydrogen) atoms. The van der Waals surface area contributed by atoms with Crippen LogP contribution in [0.1, 0.15) is 5.56 Å². The number of nitrogens with zero attached hydrogens (tertiary/aromatic N) is 1. The molecule has 0 atom stereocenters. The first-order valence-corrected chi connectivity index (χ1v) is 9.15. The molecule has 4 rings (SSSR count). The number of amides is 2. The molecule has 0 aromatic heterocycles. The third kappa shape index (κ3) is 3.13. The summed E-state index contributed by atoms with van der Waals surface area (Å²) in [6.07, 6.45) is 0. The first-order chi connectivity index (χ1) is 12.8. The van der Waals surface area contributed by atoms with E-state index in [2.05, 4.69) is 5.32 Å². The van der Waals surface area contributed by atoms with Gasteiger partial charge in [0.25, 0.3) is 0 Å². The summed E-state index contributed by atoms with van der Waals surface area (Å²) < 4.78 is 5.25. The summed E-state index contributed by atoms with van der Waals surface area (Å²) in [5.74, 6) is 0.779. The number of anilines is 2. The van der Waals surface area contributed by atoms with Crippen LogP contribution in [0, 0.1) is 0 Å². The molecule has 0 saturated carbocycles. The van der Waals surface area contributed by atoms with Gasteiger partial charge in [-0.3, -0.25) is 4.90 Å². The van der Waals surface area contributed by atoms with Crippen molar-refractivity contribution in [3.05, 3.63) is 78.4 Å². The fourth-order valence-electron chi connectivity index (χ4n) is 2.96. The maximum absolute atomic E-state index is 13.0. The van der Waals surface area contributed by atoms with Crippen LogP contribution in [-0.2, 0) is 6.54 Å². The Labute approximate surface area is 156 Å². The number of nitrogens with one attached hydrogen (secondary N) is 1. The minimum absolute atomic E-state index is 0.145. The van der Waals surface area contributed by atoms with E-state index in [-0.39, 0.29) is 6.03 Å². The maximum Gasteiger partial charge on any atom is 0.326 e. The molecule has 0 aliphatic carbocycles. The van der Waals surface area contributed by atoms with Crippen LogP contribution in [0.5, 0.6) is 5.75 Å². The number of hydrogen-bond donors (Lipinski definition) is 1. The maximum atomic E-state index is 13.0. The van der Waals surface area contributed by atoms with Crippen LogP contribution in [0.15, 0.2) is 82.6 Å². The first-order valence-electron chi connectivity index (χ1n) is 8.33. The number of fused-ring (bicyclic) bond motifs is 2. The topological polar surface area (TPSA) is 41.6 Å². The van der Waals surface area contributed by atoms with Gasteiger partial charge < -0.3 is 10.1 Å². The Balaban J connectivity index is 1.61. The SMILES string of the molecule is COc1cccc(CNC(=O)N2c3ccccc3Sc3ccccc32)c1. The molecule has 3 aromatic carbocycles. The zero-order chi connectivity index (χ0) is 17.9. The molecular weight excluding hydrogens is 344 g/mol. The lowest BCUT2D eigenvalue weighted by atomic mass is 10.2. The molecule has 1 aliphatic heterocycles. The average Bonchev–Trinajstić information content (AvgIpc) is 2.70. The van der Waals surface area contributed by atoms with E-state index in [4.69, 9.17) is 4.74 Å². The van der Waals surface area contributed by atoms with Crippen molar-refractivity contribution in [1.29, 1.82) is 0 Å². The van der Waals surface area contributed by atoms with Crippen molar-refractivity contribution >= 4 is 29.2 Å². The van der Waals surface area contributed by atoms with Gasteiger partial charge in [0, 0.05) is 16.3 Å². The van der Waals surface area contributed by atoms with Gasteiger partial charge in [-0.2, -0.15) is 0 Å². The summed E-state index contributed by atoms with van der Waals surface area (Å²) in [6, 6.07) is 23.5. The van der Waals surface area contributed by atoms with E-state index in [9.17, 15) is 4.79 Å². The highest BCUT2D eigenvalue weighted by Gasteiger charge is 2.27. The number of hydrogen-bond acceptors (Lipinski definition) is 3. The van der Waals surface area contributed by atoms with Gasteiger partial charge in [-0.05, 0) is 42.0 Å². The van der Waals surface area contributed by atoms with Gasteiger partial charge in [-0.25, -0.2) is 4.79 Å². The molecular formula is C21H18N2O2S. The average molecular weight is 362 g/mol. The smallest absolute Gasteiger partial charge is 0.326 e. The molecule has 1 N–H and O–H groups in total. The van der Waals surface area contributed by atoms with Crippen LogP contribution in [0.3, 0.4) is 0 Å². The molecule has 0 fully saturated rings. The van der Waals surface area contributed by atoms with E-state index in [0.29, 0.717) is 6.54 Å². The number of para-hydroxylation sites is 2. The van der Waals surface area contributed by atoms with Gasteiger partial charge >= 0.3 is 6.03 Å². The Hall–Kier alpha value is -2.92. The molecule has 2 amide bonds. The molecule has 5 heteroatoms. The predicted octanol–water partition coefficient (Wildman–Crippen LogP) is 5.21. The third-order valence-corrected chi connectivity index (χ3v) is 5.34. The van der Waals surface area contributed by atoms with Crippen molar-refractivity contribution in [1.82, 2.24) is 5.32 Å². The molecule has 0 spiro atoms. The second kappa shape index (κ2) is 7.14. The van der Waals surface area contributed by atoms with Gasteiger partial charge in [-0.1, -0.05) is 48.2 Å². The number of rotatable bonds is 3. The standard InChI is InChI=1S/C21H18N2O2S/c1-25-16-8-6-7-15(13-16)14-22-21(24)23-17-9-2-4-11-19(17)26-20-12-5-3-10-18(20)23/h2-13H,14H2,1H3,(H,22,24). The summed E-state index contributed by atoms with van der Waals surface area (Å²) in [5, 5.41) is 3.02. The molecule has 4 nitrogen and oxygen atoms in total. The Morgan fingerprint density at radius 3 is 2.27 bits per heavy atom. The fourth-order valence-corrected chi connectivity index (χ4v) is 4.02. The Morgan fingerprint density at radius 2 is 1.62 bits per heavy atom. The summed E-state index contributed by atoms with van der Waals surface area (Å²) in [4.78, 5) is 16.9. The molecule has 0 saturated heterocycles. The Kier molecular flexibility index (Phi) is 4.54. The summed E-state index contributed by atoms with van der Waals surface area (Å²) in [7, 11) is 1.64. The van der Waals surface area contributed by atoms with Gasteiger partial charge in [0.15, 0.2) is 0 Å². The van der Waals surface area contributed by atoms with E-state index in [0.717, 1.165) is 32.5 Å². The fraction of sp³-hybridized carbons (Fsp3) is 0.0952. The summed E-state index contributed by atoms with van der Waals surface area (Å²) in [6.45, 7) is 0.435. The number of methoxy groups -OCH3 is 1. The lowest BCUT2D eigenvalue weighted by Gasteiger charge is -2.31. The lowest BCUT2D eigenvalue weighted by molar-refractivity contribution is 0.248. The molecule has 1 heterocycles. The second-order valence-electron chi connectivity index (χ2n) is 5.88. The second-order valence-corrected chi connectivity index (χ2v) is 6.97. The van der Waals surface area contributed by atoms with E-state index in [1.165, 1.54) is 0 Å². The highest BCUT2D eigenvalue weighted by molar-refractivity contribution is 7.99. The zero-order valence-corrected chi connectivity index (χ0v) is 15.1. The highest BCUT2D eigenvalue weighted by atomic mass is 32.2. The summed E-state index contributed by atoms with van der Waals surface area (Å²) >= 11 is 1.68. The van der Waals surface area contributed by atoms with Crippen LogP contribution in [0.25, 0.3) is 0 Å². The number of benzene rings is 3. The van der Waals surface area contributed by atoms with Crippen molar-refractivity contribution in [3.8, 4) is 5.75 Å². The highest BCUT2D eigenvalue weighted by Crippen LogP contribution is 2.47. The van der Waals surface area contributed by atoms with Gasteiger partial charge in [-0.15, -0.1) is 0 Å². The Morgan fingerprint density at radius 1 is 0.962 bits per heavy atom. The largest absolute Gasteiger partial charge is 0.497 e. The normalized spacial score (nSPS) is 12.1. The number of urea groups is 1. The van der Waals surface area contributed by atoms with Crippen molar-refractivity contribution < 1.29 is 9.53 Å². The van der Waals surface area contributed by atoms with Crippen molar-refractivity contribution in [2.75, 3.05) is 12.0 Å². The van der Waals surface area contributed by atoms with Crippen molar-refractivity contribution in [2.45, 2.75) is 16.3 Å². The van der Waals surface area contributed by atoms with E-state index >= 15 is 0 Å². The summed E-state index contributed by atoms with van der Waals surface area (Å²) in [5.41, 5.74) is 2.80. The number of ether oxygens (including phenoxy) is 1. The third-order valence-electron chi connectivity index (χ3n) is 4.21. The molecule has 0 bridgehead atoms. The van der Waals surface area contributed by atoms with Crippen LogP contribution in [-0.4, -0.2) is 13.1 Å². The molecule has 0 unspecified atom stereocenters.